The number of carbonyl (C=O) groups is 2. The van der Waals surface area contributed by atoms with Crippen molar-refractivity contribution >= 4 is 46.6 Å². The Morgan fingerprint density at radius 1 is 0.789 bits per heavy atom. The predicted octanol–water partition coefficient (Wildman–Crippen LogP) is 7.11. The Bertz CT molecular complexity index is 1370. The van der Waals surface area contributed by atoms with Gasteiger partial charge >= 0.3 is 0 Å². The van der Waals surface area contributed by atoms with Crippen molar-refractivity contribution in [2.75, 3.05) is 6.61 Å². The number of nitrogens with one attached hydrogen (secondary N) is 1. The lowest BCUT2D eigenvalue weighted by Crippen LogP contribution is -2.45. The number of para-hydroxylation sites is 1. The summed E-state index contributed by atoms with van der Waals surface area (Å²) in [5, 5.41) is 4.47. The van der Waals surface area contributed by atoms with Gasteiger partial charge in [0.05, 0.1) is 0 Å². The molecule has 5 nitrogen and oxygen atoms in total. The number of ether oxygens (including phenoxy) is 1. The summed E-state index contributed by atoms with van der Waals surface area (Å²) in [6.07, 6.45) is 0. The quantitative estimate of drug-likeness (QED) is 0.222. The van der Waals surface area contributed by atoms with Crippen molar-refractivity contribution in [3.05, 3.63) is 135 Å². The molecular weight excluding hydrogens is 543 g/mol. The van der Waals surface area contributed by atoms with Crippen LogP contribution in [0, 0.1) is 0 Å². The minimum atomic E-state index is -0.926. The monoisotopic (exact) mass is 566 g/mol. The van der Waals surface area contributed by atoms with Gasteiger partial charge in [0.2, 0.25) is 5.91 Å². The summed E-state index contributed by atoms with van der Waals surface area (Å²) >= 11 is 18.4. The molecular formula is C30H25Cl3N2O3. The van der Waals surface area contributed by atoms with Crippen LogP contribution in [0.1, 0.15) is 22.7 Å². The van der Waals surface area contributed by atoms with Crippen molar-refractivity contribution in [2.45, 2.75) is 19.1 Å². The second-order valence-corrected chi connectivity index (χ2v) is 9.80. The summed E-state index contributed by atoms with van der Waals surface area (Å²) in [7, 11) is 0. The zero-order valence-corrected chi connectivity index (χ0v) is 22.6. The molecule has 0 aliphatic rings. The molecule has 8 heteroatoms. The summed E-state index contributed by atoms with van der Waals surface area (Å²) in [5.74, 6) is -0.146. The molecule has 4 rings (SSSR count). The standard InChI is InChI=1S/C30H25Cl3N2O3/c31-24-14-11-21(12-15-24)19-35(28(36)20-38-26-9-5-2-6-10-26)29(22-7-3-1-4-8-22)30(37)34-18-23-13-16-25(32)17-27(23)33/h1-17,29H,18-20H2,(H,34,37)/t29-/m0/s1. The Kier molecular flexibility index (Phi) is 9.66. The Morgan fingerprint density at radius 3 is 2.08 bits per heavy atom. The lowest BCUT2D eigenvalue weighted by Gasteiger charge is -2.31. The molecule has 0 aliphatic heterocycles. The molecule has 194 valence electrons. The molecule has 0 fully saturated rings. The number of hydrogen-bond acceptors (Lipinski definition) is 3. The fourth-order valence-corrected chi connectivity index (χ4v) is 4.51. The Hall–Kier alpha value is -3.51. The van der Waals surface area contributed by atoms with Gasteiger partial charge in [-0.1, -0.05) is 102 Å². The van der Waals surface area contributed by atoms with E-state index in [2.05, 4.69) is 5.32 Å². The fraction of sp³-hybridized carbons (Fsp3) is 0.133. The average Bonchev–Trinajstić information content (AvgIpc) is 2.93. The van der Waals surface area contributed by atoms with E-state index < -0.39 is 6.04 Å². The van der Waals surface area contributed by atoms with Gasteiger partial charge in [0.1, 0.15) is 11.8 Å². The highest BCUT2D eigenvalue weighted by Crippen LogP contribution is 2.26. The smallest absolute Gasteiger partial charge is 0.261 e. The van der Waals surface area contributed by atoms with Crippen LogP contribution < -0.4 is 10.1 Å². The van der Waals surface area contributed by atoms with E-state index in [0.717, 1.165) is 5.56 Å². The van der Waals surface area contributed by atoms with Crippen molar-refractivity contribution in [1.82, 2.24) is 10.2 Å². The van der Waals surface area contributed by atoms with Crippen molar-refractivity contribution in [1.29, 1.82) is 0 Å². The van der Waals surface area contributed by atoms with Crippen molar-refractivity contribution < 1.29 is 14.3 Å². The SMILES string of the molecule is O=C(NCc1ccc(Cl)cc1Cl)[C@H](c1ccccc1)N(Cc1ccc(Cl)cc1)C(=O)COc1ccccc1. The molecule has 0 unspecified atom stereocenters. The minimum Gasteiger partial charge on any atom is -0.484 e. The molecule has 1 N–H and O–H groups in total. The van der Waals surface area contributed by atoms with Crippen LogP contribution >= 0.6 is 34.8 Å². The van der Waals surface area contributed by atoms with E-state index in [9.17, 15) is 9.59 Å². The number of halogens is 3. The average molecular weight is 568 g/mol. The van der Waals surface area contributed by atoms with Crippen LogP contribution in [0.2, 0.25) is 15.1 Å². The molecule has 2 amide bonds. The van der Waals surface area contributed by atoms with Gasteiger partial charge < -0.3 is 15.0 Å². The highest BCUT2D eigenvalue weighted by atomic mass is 35.5. The van der Waals surface area contributed by atoms with E-state index >= 15 is 0 Å². The summed E-state index contributed by atoms with van der Waals surface area (Å²) in [6.45, 7) is 0.0989. The van der Waals surface area contributed by atoms with E-state index in [4.69, 9.17) is 39.5 Å². The van der Waals surface area contributed by atoms with Crippen LogP contribution in [0.25, 0.3) is 0 Å². The second kappa shape index (κ2) is 13.3. The molecule has 0 aliphatic carbocycles. The molecule has 0 spiro atoms. The largest absolute Gasteiger partial charge is 0.484 e. The third-order valence-electron chi connectivity index (χ3n) is 5.84. The maximum absolute atomic E-state index is 13.7. The lowest BCUT2D eigenvalue weighted by atomic mass is 10.0. The summed E-state index contributed by atoms with van der Waals surface area (Å²) < 4.78 is 5.75. The maximum atomic E-state index is 13.7. The first kappa shape index (κ1) is 27.5. The first-order chi connectivity index (χ1) is 18.4. The lowest BCUT2D eigenvalue weighted by molar-refractivity contribution is -0.143. The van der Waals surface area contributed by atoms with Gasteiger partial charge in [-0.15, -0.1) is 0 Å². The Morgan fingerprint density at radius 2 is 1.42 bits per heavy atom. The number of hydrogen-bond donors (Lipinski definition) is 1. The molecule has 1 atom stereocenters. The molecule has 0 bridgehead atoms. The molecule has 0 saturated carbocycles. The van der Waals surface area contributed by atoms with E-state index in [1.807, 2.05) is 60.7 Å². The highest BCUT2D eigenvalue weighted by molar-refractivity contribution is 6.35. The van der Waals surface area contributed by atoms with Gasteiger partial charge in [-0.05, 0) is 53.1 Å². The summed E-state index contributed by atoms with van der Waals surface area (Å²) in [5.41, 5.74) is 2.19. The van der Waals surface area contributed by atoms with E-state index in [0.29, 0.717) is 31.9 Å². The summed E-state index contributed by atoms with van der Waals surface area (Å²) in [6, 6.07) is 29.5. The first-order valence-electron chi connectivity index (χ1n) is 11.9. The highest BCUT2D eigenvalue weighted by Gasteiger charge is 2.32. The normalized spacial score (nSPS) is 11.4. The van der Waals surface area contributed by atoms with Crippen molar-refractivity contribution in [3.63, 3.8) is 0 Å². The van der Waals surface area contributed by atoms with Gasteiger partial charge in [-0.25, -0.2) is 0 Å². The van der Waals surface area contributed by atoms with Crippen LogP contribution in [0.5, 0.6) is 5.75 Å². The van der Waals surface area contributed by atoms with Gasteiger partial charge in [0.25, 0.3) is 5.91 Å². The minimum absolute atomic E-state index is 0.168. The number of benzene rings is 4. The van der Waals surface area contributed by atoms with Crippen LogP contribution in [-0.4, -0.2) is 23.3 Å². The molecule has 0 heterocycles. The summed E-state index contributed by atoms with van der Waals surface area (Å²) in [4.78, 5) is 28.9. The van der Waals surface area contributed by atoms with Crippen LogP contribution in [0.15, 0.2) is 103 Å². The molecule has 0 radical (unpaired) electrons. The number of amides is 2. The molecule has 38 heavy (non-hydrogen) atoms. The number of nitrogens with zero attached hydrogens (tertiary/aromatic N) is 1. The van der Waals surface area contributed by atoms with Crippen LogP contribution in [-0.2, 0) is 22.7 Å². The molecule has 4 aromatic rings. The van der Waals surface area contributed by atoms with Gasteiger partial charge in [0.15, 0.2) is 6.61 Å². The zero-order chi connectivity index (χ0) is 26.9. The molecule has 0 aromatic heterocycles. The van der Waals surface area contributed by atoms with E-state index in [1.54, 1.807) is 42.5 Å². The van der Waals surface area contributed by atoms with Gasteiger partial charge in [-0.3, -0.25) is 9.59 Å². The van der Waals surface area contributed by atoms with Crippen LogP contribution in [0.4, 0.5) is 0 Å². The third kappa shape index (κ3) is 7.51. The van der Waals surface area contributed by atoms with Gasteiger partial charge in [-0.2, -0.15) is 0 Å². The first-order valence-corrected chi connectivity index (χ1v) is 13.0. The number of carbonyl (C=O) groups excluding carboxylic acids is 2. The predicted molar refractivity (Wildman–Crippen MR) is 151 cm³/mol. The maximum Gasteiger partial charge on any atom is 0.261 e. The molecule has 0 saturated heterocycles. The number of rotatable bonds is 10. The van der Waals surface area contributed by atoms with Crippen molar-refractivity contribution in [2.24, 2.45) is 0 Å². The van der Waals surface area contributed by atoms with E-state index in [-0.39, 0.29) is 31.5 Å². The second-order valence-electron chi connectivity index (χ2n) is 8.52. The Labute approximate surface area is 236 Å². The van der Waals surface area contributed by atoms with Crippen molar-refractivity contribution in [3.8, 4) is 5.75 Å². The zero-order valence-electron chi connectivity index (χ0n) is 20.3. The Balaban J connectivity index is 1.63. The van der Waals surface area contributed by atoms with Gasteiger partial charge in [0, 0.05) is 28.2 Å². The van der Waals surface area contributed by atoms with Crippen LogP contribution in [0.3, 0.4) is 0 Å². The van der Waals surface area contributed by atoms with E-state index in [1.165, 1.54) is 4.90 Å². The third-order valence-corrected chi connectivity index (χ3v) is 6.67. The topological polar surface area (TPSA) is 58.6 Å². The molecule has 4 aromatic carbocycles. The fourth-order valence-electron chi connectivity index (χ4n) is 3.91.